The normalized spacial score (nSPS) is 11.8. The van der Waals surface area contributed by atoms with Gasteiger partial charge in [-0.3, -0.25) is 0 Å². The first kappa shape index (κ1) is 22.7. The highest BCUT2D eigenvalue weighted by molar-refractivity contribution is 6.30. The average Bonchev–Trinajstić information content (AvgIpc) is 3.58. The second-order valence-electron chi connectivity index (χ2n) is 8.27. The molecule has 37 heavy (non-hydrogen) atoms. The number of fused-ring (bicyclic) bond motifs is 1. The fourth-order valence-corrected chi connectivity index (χ4v) is 4.09. The van der Waals surface area contributed by atoms with Crippen LogP contribution in [-0.4, -0.2) is 22.6 Å². The van der Waals surface area contributed by atoms with E-state index in [4.69, 9.17) is 25.8 Å². The van der Waals surface area contributed by atoms with E-state index in [9.17, 15) is 4.79 Å². The van der Waals surface area contributed by atoms with E-state index in [1.807, 2.05) is 66.7 Å². The van der Waals surface area contributed by atoms with E-state index < -0.39 is 6.03 Å². The maximum atomic E-state index is 13.4. The molecule has 0 saturated carbocycles. The van der Waals surface area contributed by atoms with Crippen LogP contribution in [0.4, 0.5) is 10.5 Å². The van der Waals surface area contributed by atoms with E-state index in [-0.39, 0.29) is 6.79 Å². The van der Waals surface area contributed by atoms with Crippen molar-refractivity contribution < 1.29 is 19.0 Å². The van der Waals surface area contributed by atoms with Gasteiger partial charge in [0.2, 0.25) is 6.79 Å². The van der Waals surface area contributed by atoms with Crippen molar-refractivity contribution >= 4 is 23.3 Å². The lowest BCUT2D eigenvalue weighted by Crippen LogP contribution is -2.21. The second-order valence-corrected chi connectivity index (χ2v) is 8.71. The first-order valence-electron chi connectivity index (χ1n) is 11.5. The third kappa shape index (κ3) is 4.85. The fourth-order valence-electron chi connectivity index (χ4n) is 3.97. The molecule has 0 atom stereocenters. The lowest BCUT2D eigenvalue weighted by Gasteiger charge is -2.10. The number of hydrogen-bond acceptors (Lipinski definition) is 5. The van der Waals surface area contributed by atoms with Crippen molar-refractivity contribution in [2.24, 2.45) is 0 Å². The van der Waals surface area contributed by atoms with Crippen molar-refractivity contribution in [3.63, 3.8) is 0 Å². The minimum absolute atomic E-state index is 0.165. The summed E-state index contributed by atoms with van der Waals surface area (Å²) in [5, 5.41) is 8.15. The second kappa shape index (κ2) is 9.72. The van der Waals surface area contributed by atoms with Crippen LogP contribution in [-0.2, 0) is 0 Å². The van der Waals surface area contributed by atoms with Crippen LogP contribution in [0.1, 0.15) is 0 Å². The molecule has 1 aliphatic rings. The van der Waals surface area contributed by atoms with Gasteiger partial charge in [-0.25, -0.2) is 4.79 Å². The molecule has 8 heteroatoms. The van der Waals surface area contributed by atoms with Gasteiger partial charge in [0.1, 0.15) is 11.5 Å². The first-order chi connectivity index (χ1) is 18.1. The van der Waals surface area contributed by atoms with Gasteiger partial charge in [0.15, 0.2) is 11.5 Å². The number of halogens is 1. The molecule has 1 aromatic heterocycles. The van der Waals surface area contributed by atoms with Gasteiger partial charge in [0.05, 0.1) is 11.4 Å². The van der Waals surface area contributed by atoms with Gasteiger partial charge in [0, 0.05) is 21.8 Å². The third-order valence-electron chi connectivity index (χ3n) is 5.79. The Morgan fingerprint density at radius 2 is 1.51 bits per heavy atom. The number of amides is 1. The van der Waals surface area contributed by atoms with Crippen LogP contribution in [0, 0.1) is 0 Å². The predicted octanol–water partition coefficient (Wildman–Crippen LogP) is 7.47. The largest absolute Gasteiger partial charge is 0.457 e. The summed E-state index contributed by atoms with van der Waals surface area (Å²) in [5.41, 5.74) is 3.43. The van der Waals surface area contributed by atoms with Gasteiger partial charge < -0.3 is 19.5 Å². The number of aromatic nitrogens is 2. The zero-order valence-electron chi connectivity index (χ0n) is 19.4. The van der Waals surface area contributed by atoms with Crippen LogP contribution in [0.2, 0.25) is 5.02 Å². The molecule has 7 nitrogen and oxygen atoms in total. The molecule has 2 heterocycles. The number of nitrogens with one attached hydrogen (secondary N) is 1. The number of carbonyl (C=O) groups excluding carboxylic acids is 1. The summed E-state index contributed by atoms with van der Waals surface area (Å²) in [5.74, 6) is 2.68. The number of nitrogens with zero attached hydrogens (tertiary/aromatic N) is 2. The van der Waals surface area contributed by atoms with Crippen molar-refractivity contribution in [3.8, 4) is 45.5 Å². The van der Waals surface area contributed by atoms with Crippen molar-refractivity contribution in [2.45, 2.75) is 0 Å². The van der Waals surface area contributed by atoms with Crippen LogP contribution in [0.5, 0.6) is 23.0 Å². The van der Waals surface area contributed by atoms with Crippen LogP contribution >= 0.6 is 11.6 Å². The van der Waals surface area contributed by atoms with E-state index in [0.717, 1.165) is 16.9 Å². The lowest BCUT2D eigenvalue weighted by molar-refractivity contribution is 0.174. The zero-order chi connectivity index (χ0) is 25.2. The van der Waals surface area contributed by atoms with E-state index in [2.05, 4.69) is 10.4 Å². The molecule has 0 unspecified atom stereocenters. The van der Waals surface area contributed by atoms with Crippen molar-refractivity contribution in [1.29, 1.82) is 0 Å². The smallest absolute Gasteiger partial charge is 0.347 e. The molecule has 182 valence electrons. The highest BCUT2D eigenvalue weighted by Gasteiger charge is 2.20. The quantitative estimate of drug-likeness (QED) is 0.266. The summed E-state index contributed by atoms with van der Waals surface area (Å²) in [6.45, 7) is 0.165. The molecule has 5 aromatic rings. The van der Waals surface area contributed by atoms with Crippen LogP contribution in [0.25, 0.3) is 22.5 Å². The Morgan fingerprint density at radius 1 is 0.811 bits per heavy atom. The maximum absolute atomic E-state index is 13.4. The Bertz CT molecular complexity index is 1570. The SMILES string of the molecule is O=C(Nc1ccc(Oc2ccccc2)cc1)n1nc(-c2ccc(Cl)cc2)cc1-c1ccc2c(c1)OCO2. The van der Waals surface area contributed by atoms with E-state index >= 15 is 0 Å². The van der Waals surface area contributed by atoms with Crippen molar-refractivity contribution in [2.75, 3.05) is 12.1 Å². The summed E-state index contributed by atoms with van der Waals surface area (Å²) in [6, 6.07) is 30.9. The Balaban J connectivity index is 1.30. The standard InChI is InChI=1S/C29H20ClN3O4/c30-21-9-6-19(7-10-21)25-17-26(20-8-15-27-28(16-20)36-18-35-27)33(32-25)29(34)31-22-11-13-24(14-12-22)37-23-4-2-1-3-5-23/h1-17H,18H2,(H,31,34). The Morgan fingerprint density at radius 3 is 2.30 bits per heavy atom. The third-order valence-corrected chi connectivity index (χ3v) is 6.05. The fraction of sp³-hybridized carbons (Fsp3) is 0.0345. The molecule has 0 bridgehead atoms. The van der Waals surface area contributed by atoms with Crippen LogP contribution < -0.4 is 19.5 Å². The first-order valence-corrected chi connectivity index (χ1v) is 11.9. The number of para-hydroxylation sites is 1. The monoisotopic (exact) mass is 509 g/mol. The summed E-state index contributed by atoms with van der Waals surface area (Å²) < 4.78 is 18.1. The summed E-state index contributed by atoms with van der Waals surface area (Å²) >= 11 is 6.06. The molecule has 6 rings (SSSR count). The molecular formula is C29H20ClN3O4. The maximum Gasteiger partial charge on any atom is 0.347 e. The van der Waals surface area contributed by atoms with E-state index in [0.29, 0.717) is 39.3 Å². The average molecular weight is 510 g/mol. The molecule has 4 aromatic carbocycles. The molecule has 0 radical (unpaired) electrons. The van der Waals surface area contributed by atoms with Gasteiger partial charge in [-0.1, -0.05) is 41.9 Å². The van der Waals surface area contributed by atoms with Gasteiger partial charge in [-0.15, -0.1) is 0 Å². The zero-order valence-corrected chi connectivity index (χ0v) is 20.2. The summed E-state index contributed by atoms with van der Waals surface area (Å²) in [4.78, 5) is 13.4. The predicted molar refractivity (Wildman–Crippen MR) is 142 cm³/mol. The van der Waals surface area contributed by atoms with E-state index in [1.54, 1.807) is 36.4 Å². The molecule has 0 saturated heterocycles. The Hall–Kier alpha value is -4.75. The molecule has 1 aliphatic heterocycles. The number of carbonyl (C=O) groups is 1. The molecule has 0 spiro atoms. The minimum Gasteiger partial charge on any atom is -0.457 e. The van der Waals surface area contributed by atoms with Gasteiger partial charge in [-0.05, 0) is 72.8 Å². The molecule has 0 fully saturated rings. The van der Waals surface area contributed by atoms with E-state index in [1.165, 1.54) is 4.68 Å². The number of ether oxygens (including phenoxy) is 3. The van der Waals surface area contributed by atoms with Gasteiger partial charge in [-0.2, -0.15) is 9.78 Å². The van der Waals surface area contributed by atoms with Crippen LogP contribution in [0.3, 0.4) is 0 Å². The highest BCUT2D eigenvalue weighted by Crippen LogP contribution is 2.37. The van der Waals surface area contributed by atoms with Gasteiger partial charge in [0.25, 0.3) is 0 Å². The summed E-state index contributed by atoms with van der Waals surface area (Å²) in [6.07, 6.45) is 0. The van der Waals surface area contributed by atoms with Crippen LogP contribution in [0.15, 0.2) is 103 Å². The number of benzene rings is 4. The highest BCUT2D eigenvalue weighted by atomic mass is 35.5. The topological polar surface area (TPSA) is 74.6 Å². The minimum atomic E-state index is -0.412. The molecule has 1 amide bonds. The molecule has 1 N–H and O–H groups in total. The van der Waals surface area contributed by atoms with Crippen molar-refractivity contribution in [3.05, 3.63) is 108 Å². The molecule has 0 aliphatic carbocycles. The number of anilines is 1. The lowest BCUT2D eigenvalue weighted by atomic mass is 10.1. The van der Waals surface area contributed by atoms with Crippen molar-refractivity contribution in [1.82, 2.24) is 9.78 Å². The number of hydrogen-bond donors (Lipinski definition) is 1. The summed E-state index contributed by atoms with van der Waals surface area (Å²) in [7, 11) is 0. The molecular weight excluding hydrogens is 490 g/mol. The van der Waals surface area contributed by atoms with Gasteiger partial charge >= 0.3 is 6.03 Å². The Kier molecular flexibility index (Phi) is 5.96. The number of rotatable bonds is 5. The Labute approximate surface area is 217 Å².